The molecule has 0 bridgehead atoms. The number of aryl methyl sites for hydroxylation is 1. The minimum absolute atomic E-state index is 0.789. The van der Waals surface area contributed by atoms with E-state index in [2.05, 4.69) is 16.2 Å². The molecule has 14 heavy (non-hydrogen) atoms. The van der Waals surface area contributed by atoms with E-state index in [4.69, 9.17) is 6.42 Å². The van der Waals surface area contributed by atoms with Gasteiger partial charge in [0, 0.05) is 29.9 Å². The van der Waals surface area contributed by atoms with E-state index in [-0.39, 0.29) is 0 Å². The third-order valence-corrected chi connectivity index (χ3v) is 2.52. The molecular weight excluding hydrogens is 192 g/mol. The smallest absolute Gasteiger partial charge is 0.0545 e. The number of nitrogens with zero attached hydrogens (tertiary/aromatic N) is 1. The van der Waals surface area contributed by atoms with E-state index in [1.54, 1.807) is 11.8 Å². The molecule has 0 spiro atoms. The summed E-state index contributed by atoms with van der Waals surface area (Å²) in [6, 6.07) is 4.00. The van der Waals surface area contributed by atoms with Gasteiger partial charge in [-0.2, -0.15) is 0 Å². The van der Waals surface area contributed by atoms with Gasteiger partial charge in [-0.25, -0.2) is 0 Å². The summed E-state index contributed by atoms with van der Waals surface area (Å²) in [4.78, 5) is 4.13. The van der Waals surface area contributed by atoms with Gasteiger partial charge in [0.2, 0.25) is 0 Å². The highest BCUT2D eigenvalue weighted by Crippen LogP contribution is 2.07. The molecule has 0 radical (unpaired) electrons. The Hall–Kier alpha value is -1.14. The number of hydrogen-bond acceptors (Lipinski definition) is 3. The van der Waals surface area contributed by atoms with Crippen molar-refractivity contribution < 1.29 is 0 Å². The Morgan fingerprint density at radius 3 is 3.21 bits per heavy atom. The number of pyridine rings is 1. The van der Waals surface area contributed by atoms with E-state index in [9.17, 15) is 0 Å². The summed E-state index contributed by atoms with van der Waals surface area (Å²) in [5, 5.41) is 3.31. The molecule has 0 aromatic carbocycles. The van der Waals surface area contributed by atoms with Gasteiger partial charge in [-0.05, 0) is 19.1 Å². The van der Waals surface area contributed by atoms with E-state index >= 15 is 0 Å². The van der Waals surface area contributed by atoms with Crippen molar-refractivity contribution >= 4 is 17.4 Å². The van der Waals surface area contributed by atoms with Gasteiger partial charge in [0.05, 0.1) is 5.75 Å². The van der Waals surface area contributed by atoms with Gasteiger partial charge in [0.1, 0.15) is 0 Å². The fourth-order valence-electron chi connectivity index (χ4n) is 1.05. The van der Waals surface area contributed by atoms with Crippen LogP contribution in [0.3, 0.4) is 0 Å². The van der Waals surface area contributed by atoms with Crippen LogP contribution in [-0.4, -0.2) is 23.0 Å². The standard InChI is InChI=1S/C11H14N2S/c1-3-7-14-8-6-13-11-4-5-12-10(2)9-11/h1,4-5,9H,6-8H2,2H3,(H,12,13). The van der Waals surface area contributed by atoms with Crippen LogP contribution in [0, 0.1) is 19.3 Å². The summed E-state index contributed by atoms with van der Waals surface area (Å²) in [7, 11) is 0. The van der Waals surface area contributed by atoms with Crippen molar-refractivity contribution in [2.24, 2.45) is 0 Å². The molecule has 1 rings (SSSR count). The second-order valence-corrected chi connectivity index (χ2v) is 3.97. The lowest BCUT2D eigenvalue weighted by molar-refractivity contribution is 1.17. The van der Waals surface area contributed by atoms with Crippen LogP contribution in [0.25, 0.3) is 0 Å². The van der Waals surface area contributed by atoms with Crippen molar-refractivity contribution in [1.82, 2.24) is 4.98 Å². The van der Waals surface area contributed by atoms with Gasteiger partial charge in [0.25, 0.3) is 0 Å². The fraction of sp³-hybridized carbons (Fsp3) is 0.364. The Balaban J connectivity index is 2.22. The molecule has 0 aliphatic rings. The number of anilines is 1. The zero-order valence-electron chi connectivity index (χ0n) is 8.29. The predicted octanol–water partition coefficient (Wildman–Crippen LogP) is 2.17. The summed E-state index contributed by atoms with van der Waals surface area (Å²) in [6.45, 7) is 2.92. The first-order valence-electron chi connectivity index (χ1n) is 4.50. The molecular formula is C11H14N2S. The molecule has 0 saturated heterocycles. The zero-order valence-corrected chi connectivity index (χ0v) is 9.10. The summed E-state index contributed by atoms with van der Waals surface area (Å²) < 4.78 is 0. The van der Waals surface area contributed by atoms with Crippen LogP contribution >= 0.6 is 11.8 Å². The Morgan fingerprint density at radius 1 is 1.64 bits per heavy atom. The summed E-state index contributed by atoms with van der Waals surface area (Å²) >= 11 is 1.76. The molecule has 0 saturated carbocycles. The molecule has 0 amide bonds. The molecule has 74 valence electrons. The minimum Gasteiger partial charge on any atom is -0.384 e. The van der Waals surface area contributed by atoms with Gasteiger partial charge in [0.15, 0.2) is 0 Å². The zero-order chi connectivity index (χ0) is 10.2. The van der Waals surface area contributed by atoms with Crippen LogP contribution < -0.4 is 5.32 Å². The molecule has 0 aliphatic carbocycles. The first-order chi connectivity index (χ1) is 6.83. The van der Waals surface area contributed by atoms with E-state index in [0.717, 1.165) is 29.4 Å². The highest BCUT2D eigenvalue weighted by atomic mass is 32.2. The van der Waals surface area contributed by atoms with Crippen molar-refractivity contribution in [2.45, 2.75) is 6.92 Å². The first kappa shape index (κ1) is 10.9. The monoisotopic (exact) mass is 206 g/mol. The second kappa shape index (κ2) is 6.33. The predicted molar refractivity (Wildman–Crippen MR) is 63.6 cm³/mol. The van der Waals surface area contributed by atoms with E-state index in [0.29, 0.717) is 0 Å². The van der Waals surface area contributed by atoms with Gasteiger partial charge in [-0.15, -0.1) is 18.2 Å². The van der Waals surface area contributed by atoms with Crippen molar-refractivity contribution in [3.05, 3.63) is 24.0 Å². The van der Waals surface area contributed by atoms with Crippen LogP contribution in [-0.2, 0) is 0 Å². The first-order valence-corrected chi connectivity index (χ1v) is 5.66. The largest absolute Gasteiger partial charge is 0.384 e. The number of nitrogens with one attached hydrogen (secondary N) is 1. The molecule has 0 unspecified atom stereocenters. The molecule has 0 atom stereocenters. The molecule has 1 heterocycles. The summed E-state index contributed by atoms with van der Waals surface area (Å²) in [5.74, 6) is 4.42. The quantitative estimate of drug-likeness (QED) is 0.590. The molecule has 2 nitrogen and oxygen atoms in total. The van der Waals surface area contributed by atoms with Gasteiger partial charge < -0.3 is 5.32 Å². The molecule has 0 aliphatic heterocycles. The SMILES string of the molecule is C#CCSCCNc1ccnc(C)c1. The third-order valence-electron chi connectivity index (χ3n) is 1.66. The van der Waals surface area contributed by atoms with Crippen LogP contribution in [0.2, 0.25) is 0 Å². The van der Waals surface area contributed by atoms with Gasteiger partial charge in [-0.3, -0.25) is 4.98 Å². The topological polar surface area (TPSA) is 24.9 Å². The van der Waals surface area contributed by atoms with Crippen molar-refractivity contribution in [2.75, 3.05) is 23.4 Å². The highest BCUT2D eigenvalue weighted by Gasteiger charge is 1.92. The maximum Gasteiger partial charge on any atom is 0.0545 e. The lowest BCUT2D eigenvalue weighted by Gasteiger charge is -2.05. The number of hydrogen-bond donors (Lipinski definition) is 1. The van der Waals surface area contributed by atoms with Crippen LogP contribution in [0.15, 0.2) is 18.3 Å². The molecule has 3 heteroatoms. The summed E-state index contributed by atoms with van der Waals surface area (Å²) in [6.07, 6.45) is 6.95. The van der Waals surface area contributed by atoms with Crippen LogP contribution in [0.5, 0.6) is 0 Å². The Kier molecular flexibility index (Phi) is 4.95. The average molecular weight is 206 g/mol. The Morgan fingerprint density at radius 2 is 2.50 bits per heavy atom. The molecule has 1 N–H and O–H groups in total. The lowest BCUT2D eigenvalue weighted by Crippen LogP contribution is -2.04. The van der Waals surface area contributed by atoms with E-state index < -0.39 is 0 Å². The third kappa shape index (κ3) is 4.20. The number of thioether (sulfide) groups is 1. The van der Waals surface area contributed by atoms with Gasteiger partial charge >= 0.3 is 0 Å². The maximum atomic E-state index is 5.14. The Bertz CT molecular complexity index is 317. The molecule has 1 aromatic rings. The van der Waals surface area contributed by atoms with Crippen LogP contribution in [0.4, 0.5) is 5.69 Å². The van der Waals surface area contributed by atoms with E-state index in [1.807, 2.05) is 25.3 Å². The molecule has 0 fully saturated rings. The maximum absolute atomic E-state index is 5.14. The minimum atomic E-state index is 0.789. The average Bonchev–Trinajstić information content (AvgIpc) is 2.18. The number of terminal acetylenes is 1. The molecule has 1 aromatic heterocycles. The normalized spacial score (nSPS) is 9.43. The van der Waals surface area contributed by atoms with Crippen molar-refractivity contribution in [1.29, 1.82) is 0 Å². The summed E-state index contributed by atoms with van der Waals surface area (Å²) in [5.41, 5.74) is 2.16. The lowest BCUT2D eigenvalue weighted by atomic mass is 10.3. The number of aromatic nitrogens is 1. The fourth-order valence-corrected chi connectivity index (χ4v) is 1.56. The van der Waals surface area contributed by atoms with Crippen LogP contribution in [0.1, 0.15) is 5.69 Å². The van der Waals surface area contributed by atoms with Gasteiger partial charge in [-0.1, -0.05) is 5.92 Å². The van der Waals surface area contributed by atoms with Crippen molar-refractivity contribution in [3.8, 4) is 12.3 Å². The van der Waals surface area contributed by atoms with Crippen molar-refractivity contribution in [3.63, 3.8) is 0 Å². The number of rotatable bonds is 5. The second-order valence-electron chi connectivity index (χ2n) is 2.87. The van der Waals surface area contributed by atoms with E-state index in [1.165, 1.54) is 0 Å². The highest BCUT2D eigenvalue weighted by molar-refractivity contribution is 7.99. The Labute approximate surface area is 89.5 Å².